The van der Waals surface area contributed by atoms with E-state index in [1.807, 2.05) is 41.8 Å². The summed E-state index contributed by atoms with van der Waals surface area (Å²) in [4.78, 5) is 27.1. The van der Waals surface area contributed by atoms with Gasteiger partial charge in [-0.2, -0.15) is 0 Å². The van der Waals surface area contributed by atoms with Gasteiger partial charge in [0.25, 0.3) is 5.91 Å². The smallest absolute Gasteiger partial charge is 0.299 e. The highest BCUT2D eigenvalue weighted by Gasteiger charge is 2.28. The monoisotopic (exact) mass is 339 g/mol. The minimum absolute atomic E-state index is 0.0364. The maximum atomic E-state index is 12.4. The summed E-state index contributed by atoms with van der Waals surface area (Å²) in [6.07, 6.45) is 0.263. The molecule has 0 unspecified atom stereocenters. The zero-order valence-electron chi connectivity index (χ0n) is 13.1. The first-order chi connectivity index (χ1) is 11.7. The largest absolute Gasteiger partial charge is 0.377 e. The van der Waals surface area contributed by atoms with E-state index in [2.05, 4.69) is 11.8 Å². The molecule has 1 aliphatic rings. The summed E-state index contributed by atoms with van der Waals surface area (Å²) >= 11 is 1.41. The van der Waals surface area contributed by atoms with Crippen molar-refractivity contribution in [1.29, 1.82) is 0 Å². The molecule has 2 heterocycles. The van der Waals surface area contributed by atoms with Gasteiger partial charge >= 0.3 is 0 Å². The minimum atomic E-state index is -0.258. The number of carbonyl (C=O) groups is 2. The van der Waals surface area contributed by atoms with Crippen LogP contribution in [0.4, 0.5) is 0 Å². The van der Waals surface area contributed by atoms with Crippen molar-refractivity contribution in [3.63, 3.8) is 0 Å². The molecule has 1 aromatic carbocycles. The number of benzene rings is 1. The molecule has 1 aromatic heterocycles. The zero-order chi connectivity index (χ0) is 16.8. The van der Waals surface area contributed by atoms with Crippen LogP contribution in [-0.2, 0) is 9.53 Å². The van der Waals surface area contributed by atoms with Crippen molar-refractivity contribution in [2.24, 2.45) is 0 Å². The van der Waals surface area contributed by atoms with Crippen LogP contribution in [0.15, 0.2) is 47.8 Å². The van der Waals surface area contributed by atoms with E-state index in [0.29, 0.717) is 24.6 Å². The van der Waals surface area contributed by atoms with Crippen molar-refractivity contribution >= 4 is 23.0 Å². The van der Waals surface area contributed by atoms with Gasteiger partial charge in [-0.1, -0.05) is 30.2 Å². The molecule has 4 nitrogen and oxygen atoms in total. The van der Waals surface area contributed by atoms with E-state index in [-0.39, 0.29) is 24.2 Å². The predicted octanol–water partition coefficient (Wildman–Crippen LogP) is 2.60. The number of morpholine rings is 1. The molecule has 1 amide bonds. The maximum Gasteiger partial charge on any atom is 0.299 e. The number of thiophene rings is 1. The van der Waals surface area contributed by atoms with Crippen LogP contribution in [0.3, 0.4) is 0 Å². The van der Waals surface area contributed by atoms with Gasteiger partial charge in [0, 0.05) is 24.4 Å². The summed E-state index contributed by atoms with van der Waals surface area (Å²) in [6.45, 7) is 1.31. The van der Waals surface area contributed by atoms with Crippen LogP contribution in [0, 0.1) is 11.8 Å². The molecule has 0 saturated carbocycles. The Bertz CT molecular complexity index is 759. The number of amides is 1. The van der Waals surface area contributed by atoms with E-state index in [0.717, 1.165) is 5.56 Å². The maximum absolute atomic E-state index is 12.4. The lowest BCUT2D eigenvalue weighted by molar-refractivity contribution is -0.133. The molecule has 2 aromatic rings. The number of hydrogen-bond donors (Lipinski definition) is 0. The third-order valence-corrected chi connectivity index (χ3v) is 4.70. The number of ether oxygens (including phenoxy) is 1. The average molecular weight is 339 g/mol. The van der Waals surface area contributed by atoms with Crippen LogP contribution in [0.2, 0.25) is 0 Å². The van der Waals surface area contributed by atoms with Crippen molar-refractivity contribution in [2.45, 2.75) is 12.5 Å². The van der Waals surface area contributed by atoms with E-state index >= 15 is 0 Å². The number of ketones is 1. The Labute approximate surface area is 145 Å². The van der Waals surface area contributed by atoms with Crippen LogP contribution >= 0.6 is 11.3 Å². The summed E-state index contributed by atoms with van der Waals surface area (Å²) in [5.41, 5.74) is 0.797. The molecular formula is C19H17NO3S. The standard InChI is InChI=1S/C19H17NO3S/c21-17(18-7-4-12-24-18)13-16-14-23-11-10-20(16)19(22)9-8-15-5-2-1-3-6-15/h1-7,12,16H,10-11,13-14H2/t16-/m1/s1. The molecule has 0 radical (unpaired) electrons. The SMILES string of the molecule is O=C(C[C@@H]1COCCN1C(=O)C#Cc1ccccc1)c1cccs1. The predicted molar refractivity (Wildman–Crippen MR) is 92.9 cm³/mol. The van der Waals surface area contributed by atoms with Crippen molar-refractivity contribution in [1.82, 2.24) is 4.90 Å². The van der Waals surface area contributed by atoms with Crippen molar-refractivity contribution < 1.29 is 14.3 Å². The highest BCUT2D eigenvalue weighted by molar-refractivity contribution is 7.12. The molecule has 0 bridgehead atoms. The van der Waals surface area contributed by atoms with Gasteiger partial charge in [-0.3, -0.25) is 9.59 Å². The van der Waals surface area contributed by atoms with Gasteiger partial charge < -0.3 is 9.64 Å². The highest BCUT2D eigenvalue weighted by Crippen LogP contribution is 2.17. The Kier molecular flexibility index (Phi) is 5.42. The molecule has 3 rings (SSSR count). The normalized spacial score (nSPS) is 17.0. The number of nitrogens with zero attached hydrogens (tertiary/aromatic N) is 1. The highest BCUT2D eigenvalue weighted by atomic mass is 32.1. The number of hydrogen-bond acceptors (Lipinski definition) is 4. The quantitative estimate of drug-likeness (QED) is 0.638. The lowest BCUT2D eigenvalue weighted by Crippen LogP contribution is -2.49. The molecule has 5 heteroatoms. The van der Waals surface area contributed by atoms with E-state index < -0.39 is 0 Å². The first kappa shape index (κ1) is 16.4. The van der Waals surface area contributed by atoms with Gasteiger partial charge in [0.15, 0.2) is 5.78 Å². The third kappa shape index (κ3) is 4.10. The molecule has 1 atom stereocenters. The Morgan fingerprint density at radius 2 is 2.04 bits per heavy atom. The fourth-order valence-electron chi connectivity index (χ4n) is 2.56. The molecule has 1 fully saturated rings. The number of Topliss-reactive ketones (excluding diaryl/α,β-unsaturated/α-hetero) is 1. The first-order valence-electron chi connectivity index (χ1n) is 7.76. The Hall–Kier alpha value is -2.42. The molecular weight excluding hydrogens is 322 g/mol. The molecule has 0 spiro atoms. The summed E-state index contributed by atoms with van der Waals surface area (Å²) in [7, 11) is 0. The van der Waals surface area contributed by atoms with Gasteiger partial charge in [-0.05, 0) is 23.6 Å². The Morgan fingerprint density at radius 3 is 2.79 bits per heavy atom. The lowest BCUT2D eigenvalue weighted by atomic mass is 10.1. The number of carbonyl (C=O) groups excluding carboxylic acids is 2. The average Bonchev–Trinajstić information content (AvgIpc) is 3.16. The van der Waals surface area contributed by atoms with E-state index in [1.54, 1.807) is 11.0 Å². The number of rotatable bonds is 3. The fraction of sp³-hybridized carbons (Fsp3) is 0.263. The van der Waals surface area contributed by atoms with Gasteiger partial charge in [0.2, 0.25) is 0 Å². The van der Waals surface area contributed by atoms with E-state index in [4.69, 9.17) is 4.74 Å². The van der Waals surface area contributed by atoms with Gasteiger partial charge in [-0.25, -0.2) is 0 Å². The second kappa shape index (κ2) is 7.91. The van der Waals surface area contributed by atoms with E-state index in [1.165, 1.54) is 11.3 Å². The van der Waals surface area contributed by atoms with Crippen LogP contribution in [0.1, 0.15) is 21.7 Å². The van der Waals surface area contributed by atoms with Gasteiger partial charge in [0.1, 0.15) is 0 Å². The van der Waals surface area contributed by atoms with Crippen molar-refractivity contribution in [3.8, 4) is 11.8 Å². The lowest BCUT2D eigenvalue weighted by Gasteiger charge is -2.33. The molecule has 0 N–H and O–H groups in total. The zero-order valence-corrected chi connectivity index (χ0v) is 13.9. The van der Waals surface area contributed by atoms with Crippen LogP contribution in [0.5, 0.6) is 0 Å². The van der Waals surface area contributed by atoms with Gasteiger partial charge in [0.05, 0.1) is 24.1 Å². The molecule has 24 heavy (non-hydrogen) atoms. The Balaban J connectivity index is 1.69. The minimum Gasteiger partial charge on any atom is -0.377 e. The molecule has 1 saturated heterocycles. The third-order valence-electron chi connectivity index (χ3n) is 3.79. The van der Waals surface area contributed by atoms with Crippen LogP contribution < -0.4 is 0 Å². The first-order valence-corrected chi connectivity index (χ1v) is 8.64. The van der Waals surface area contributed by atoms with Crippen molar-refractivity contribution in [2.75, 3.05) is 19.8 Å². The van der Waals surface area contributed by atoms with E-state index in [9.17, 15) is 9.59 Å². The summed E-state index contributed by atoms with van der Waals surface area (Å²) < 4.78 is 5.45. The van der Waals surface area contributed by atoms with Crippen molar-refractivity contribution in [3.05, 3.63) is 58.3 Å². The second-order valence-corrected chi connectivity index (χ2v) is 6.40. The molecule has 0 aliphatic carbocycles. The summed E-state index contributed by atoms with van der Waals surface area (Å²) in [5, 5.41) is 1.87. The molecule has 122 valence electrons. The van der Waals surface area contributed by atoms with Crippen LogP contribution in [-0.4, -0.2) is 42.4 Å². The second-order valence-electron chi connectivity index (χ2n) is 5.45. The Morgan fingerprint density at radius 1 is 1.21 bits per heavy atom. The molecule has 1 aliphatic heterocycles. The van der Waals surface area contributed by atoms with Gasteiger partial charge in [-0.15, -0.1) is 11.3 Å². The summed E-state index contributed by atoms with van der Waals surface area (Å²) in [5.74, 6) is 5.34. The topological polar surface area (TPSA) is 46.6 Å². The summed E-state index contributed by atoms with van der Waals surface area (Å²) in [6, 6.07) is 12.8. The fourth-order valence-corrected chi connectivity index (χ4v) is 3.24. The van der Waals surface area contributed by atoms with Crippen LogP contribution in [0.25, 0.3) is 0 Å².